The minimum atomic E-state index is -3.50. The van der Waals surface area contributed by atoms with E-state index in [0.717, 1.165) is 23.1 Å². The molecule has 1 fully saturated rings. The van der Waals surface area contributed by atoms with Crippen molar-refractivity contribution in [3.05, 3.63) is 59.7 Å². The minimum absolute atomic E-state index is 0.162. The number of rotatable bonds is 6. The van der Waals surface area contributed by atoms with Gasteiger partial charge in [-0.15, -0.1) is 0 Å². The standard InChI is InChI=1S/C22H29N3O3S/c1-17-6-4-5-15-25(17)16-18-7-11-20(12-8-18)23-22(26)19-9-13-21(14-10-19)29(27,28)24(2)3/h7-14,17H,4-6,15-16H2,1-3H3,(H,23,26). The van der Waals surface area contributed by atoms with Crippen LogP contribution in [0.5, 0.6) is 0 Å². The zero-order valence-corrected chi connectivity index (χ0v) is 18.1. The highest BCUT2D eigenvalue weighted by atomic mass is 32.2. The Morgan fingerprint density at radius 2 is 1.72 bits per heavy atom. The summed E-state index contributed by atoms with van der Waals surface area (Å²) in [6, 6.07) is 14.5. The van der Waals surface area contributed by atoms with E-state index in [9.17, 15) is 13.2 Å². The summed E-state index contributed by atoms with van der Waals surface area (Å²) in [6.07, 6.45) is 3.82. The molecule has 6 nitrogen and oxygen atoms in total. The number of likely N-dealkylation sites (tertiary alicyclic amines) is 1. The smallest absolute Gasteiger partial charge is 0.255 e. The van der Waals surface area contributed by atoms with Crippen molar-refractivity contribution in [3.63, 3.8) is 0 Å². The highest BCUT2D eigenvalue weighted by Crippen LogP contribution is 2.20. The number of nitrogens with zero attached hydrogens (tertiary/aromatic N) is 2. The Kier molecular flexibility index (Phi) is 6.72. The number of benzene rings is 2. The van der Waals surface area contributed by atoms with Gasteiger partial charge in [0.05, 0.1) is 4.90 Å². The highest BCUT2D eigenvalue weighted by Gasteiger charge is 2.19. The molecule has 1 saturated heterocycles. The lowest BCUT2D eigenvalue weighted by Gasteiger charge is -2.33. The van der Waals surface area contributed by atoms with E-state index >= 15 is 0 Å². The Morgan fingerprint density at radius 3 is 2.31 bits per heavy atom. The van der Waals surface area contributed by atoms with Gasteiger partial charge in [0.25, 0.3) is 5.91 Å². The van der Waals surface area contributed by atoms with Crippen LogP contribution < -0.4 is 5.32 Å². The monoisotopic (exact) mass is 415 g/mol. The van der Waals surface area contributed by atoms with Gasteiger partial charge in [0.1, 0.15) is 0 Å². The maximum atomic E-state index is 12.5. The van der Waals surface area contributed by atoms with E-state index in [0.29, 0.717) is 11.6 Å². The second kappa shape index (κ2) is 9.07. The van der Waals surface area contributed by atoms with Gasteiger partial charge in [0, 0.05) is 37.9 Å². The first-order valence-corrected chi connectivity index (χ1v) is 11.4. The molecule has 1 unspecified atom stereocenters. The second-order valence-corrected chi connectivity index (χ2v) is 9.93. The van der Waals surface area contributed by atoms with Crippen molar-refractivity contribution >= 4 is 21.6 Å². The van der Waals surface area contributed by atoms with E-state index in [1.54, 1.807) is 0 Å². The minimum Gasteiger partial charge on any atom is -0.322 e. The lowest BCUT2D eigenvalue weighted by atomic mass is 10.0. The van der Waals surface area contributed by atoms with E-state index in [2.05, 4.69) is 17.1 Å². The first-order chi connectivity index (χ1) is 13.8. The number of hydrogen-bond acceptors (Lipinski definition) is 4. The predicted molar refractivity (Wildman–Crippen MR) is 115 cm³/mol. The topological polar surface area (TPSA) is 69.7 Å². The largest absolute Gasteiger partial charge is 0.322 e. The molecule has 3 rings (SSSR count). The molecule has 156 valence electrons. The molecule has 7 heteroatoms. The van der Waals surface area contributed by atoms with Gasteiger partial charge in [-0.3, -0.25) is 9.69 Å². The van der Waals surface area contributed by atoms with Gasteiger partial charge in [-0.2, -0.15) is 0 Å². The number of sulfonamides is 1. The van der Waals surface area contributed by atoms with Gasteiger partial charge >= 0.3 is 0 Å². The quantitative estimate of drug-likeness (QED) is 0.783. The van der Waals surface area contributed by atoms with Crippen LogP contribution >= 0.6 is 0 Å². The van der Waals surface area contributed by atoms with Crippen molar-refractivity contribution < 1.29 is 13.2 Å². The summed E-state index contributed by atoms with van der Waals surface area (Å²) in [7, 11) is -0.546. The lowest BCUT2D eigenvalue weighted by Crippen LogP contribution is -2.36. The number of nitrogens with one attached hydrogen (secondary N) is 1. The Balaban J connectivity index is 1.62. The fourth-order valence-electron chi connectivity index (χ4n) is 3.51. The third-order valence-corrected chi connectivity index (χ3v) is 7.26. The predicted octanol–water partition coefficient (Wildman–Crippen LogP) is 3.56. The van der Waals surface area contributed by atoms with Crippen LogP contribution in [0.2, 0.25) is 0 Å². The lowest BCUT2D eigenvalue weighted by molar-refractivity contribution is 0.102. The molecule has 0 saturated carbocycles. The number of anilines is 1. The van der Waals surface area contributed by atoms with Gasteiger partial charge in [-0.25, -0.2) is 12.7 Å². The molecule has 0 spiro atoms. The summed E-state index contributed by atoms with van der Waals surface area (Å²) in [5.41, 5.74) is 2.36. The van der Waals surface area contributed by atoms with E-state index < -0.39 is 10.0 Å². The van der Waals surface area contributed by atoms with Crippen LogP contribution in [-0.2, 0) is 16.6 Å². The van der Waals surface area contributed by atoms with Gasteiger partial charge in [0.2, 0.25) is 10.0 Å². The third-order valence-electron chi connectivity index (χ3n) is 5.43. The zero-order chi connectivity index (χ0) is 21.0. The Labute approximate surface area is 173 Å². The van der Waals surface area contributed by atoms with Crippen LogP contribution in [-0.4, -0.2) is 50.2 Å². The van der Waals surface area contributed by atoms with Gasteiger partial charge < -0.3 is 5.32 Å². The zero-order valence-electron chi connectivity index (χ0n) is 17.3. The molecule has 0 aromatic heterocycles. The molecule has 1 N–H and O–H groups in total. The highest BCUT2D eigenvalue weighted by molar-refractivity contribution is 7.89. The molecule has 0 bridgehead atoms. The molecular weight excluding hydrogens is 386 g/mol. The van der Waals surface area contributed by atoms with Crippen molar-refractivity contribution in [2.24, 2.45) is 0 Å². The summed E-state index contributed by atoms with van der Waals surface area (Å²) >= 11 is 0. The number of piperidine rings is 1. The molecule has 0 aliphatic carbocycles. The van der Waals surface area contributed by atoms with Crippen molar-refractivity contribution in [1.29, 1.82) is 0 Å². The van der Waals surface area contributed by atoms with Crippen molar-refractivity contribution in [3.8, 4) is 0 Å². The summed E-state index contributed by atoms with van der Waals surface area (Å²) in [6.45, 7) is 4.35. The third kappa shape index (κ3) is 5.23. The summed E-state index contributed by atoms with van der Waals surface area (Å²) in [5.74, 6) is -0.267. The summed E-state index contributed by atoms with van der Waals surface area (Å²) < 4.78 is 25.4. The number of carbonyl (C=O) groups excluding carboxylic acids is 1. The van der Waals surface area contributed by atoms with Crippen molar-refractivity contribution in [2.75, 3.05) is 26.0 Å². The molecule has 2 aromatic rings. The first kappa shape index (κ1) is 21.5. The second-order valence-electron chi connectivity index (χ2n) is 7.78. The average Bonchev–Trinajstić information content (AvgIpc) is 2.71. The van der Waals surface area contributed by atoms with E-state index in [1.807, 2.05) is 24.3 Å². The number of carbonyl (C=O) groups is 1. The molecule has 1 heterocycles. The SMILES string of the molecule is CC1CCCCN1Cc1ccc(NC(=O)c2ccc(S(=O)(=O)N(C)C)cc2)cc1. The van der Waals surface area contributed by atoms with Gasteiger partial charge in [0.15, 0.2) is 0 Å². The molecule has 1 aliphatic rings. The van der Waals surface area contributed by atoms with Crippen LogP contribution in [0.25, 0.3) is 0 Å². The van der Waals surface area contributed by atoms with Gasteiger partial charge in [-0.05, 0) is 68.3 Å². The van der Waals surface area contributed by atoms with Crippen LogP contribution in [0.3, 0.4) is 0 Å². The molecule has 29 heavy (non-hydrogen) atoms. The Bertz CT molecular complexity index is 938. The molecule has 1 atom stereocenters. The average molecular weight is 416 g/mol. The first-order valence-electron chi connectivity index (χ1n) is 9.94. The molecule has 0 radical (unpaired) electrons. The van der Waals surface area contributed by atoms with Crippen LogP contribution in [0.15, 0.2) is 53.4 Å². The molecule has 2 aromatic carbocycles. The Morgan fingerprint density at radius 1 is 1.07 bits per heavy atom. The molecule has 1 amide bonds. The maximum Gasteiger partial charge on any atom is 0.255 e. The fourth-order valence-corrected chi connectivity index (χ4v) is 4.41. The van der Waals surface area contributed by atoms with E-state index in [4.69, 9.17) is 0 Å². The van der Waals surface area contributed by atoms with Crippen LogP contribution in [0.4, 0.5) is 5.69 Å². The molecular formula is C22H29N3O3S. The number of hydrogen-bond donors (Lipinski definition) is 1. The van der Waals surface area contributed by atoms with Crippen molar-refractivity contribution in [1.82, 2.24) is 9.21 Å². The number of amides is 1. The normalized spacial score (nSPS) is 18.0. The van der Waals surface area contributed by atoms with Crippen LogP contribution in [0.1, 0.15) is 42.1 Å². The van der Waals surface area contributed by atoms with Crippen molar-refractivity contribution in [2.45, 2.75) is 43.7 Å². The van der Waals surface area contributed by atoms with E-state index in [1.165, 1.54) is 63.2 Å². The summed E-state index contributed by atoms with van der Waals surface area (Å²) in [4.78, 5) is 15.1. The van der Waals surface area contributed by atoms with E-state index in [-0.39, 0.29) is 10.8 Å². The molecule has 1 aliphatic heterocycles. The maximum absolute atomic E-state index is 12.5. The van der Waals surface area contributed by atoms with Gasteiger partial charge in [-0.1, -0.05) is 18.6 Å². The summed E-state index contributed by atoms with van der Waals surface area (Å²) in [5, 5.41) is 2.87. The fraction of sp³-hybridized carbons (Fsp3) is 0.409. The Hall–Kier alpha value is -2.22. The van der Waals surface area contributed by atoms with Crippen LogP contribution in [0, 0.1) is 0 Å².